The summed E-state index contributed by atoms with van der Waals surface area (Å²) in [4.78, 5) is 14.4. The molecule has 7 heteroatoms. The number of amides is 1. The van der Waals surface area contributed by atoms with Gasteiger partial charge in [-0.1, -0.05) is 48.5 Å². The molecule has 2 aromatic carbocycles. The van der Waals surface area contributed by atoms with Crippen LogP contribution in [0.15, 0.2) is 66.9 Å². The Kier molecular flexibility index (Phi) is 5.69. The smallest absolute Gasteiger partial charge is 0.224 e. The summed E-state index contributed by atoms with van der Waals surface area (Å²) in [5.41, 5.74) is 1.90. The highest BCUT2D eigenvalue weighted by Crippen LogP contribution is 2.17. The second-order valence-corrected chi connectivity index (χ2v) is 9.31. The second kappa shape index (κ2) is 8.39. The SMILES string of the molecule is O=C(CCn1ccc2ccccc21)N1CCN(S(=O)(=O)Cc2ccccc2)CC1. The number of piperazine rings is 1. The number of aromatic nitrogens is 1. The number of para-hydroxylation sites is 1. The number of hydrogen-bond donors (Lipinski definition) is 0. The molecule has 29 heavy (non-hydrogen) atoms. The summed E-state index contributed by atoms with van der Waals surface area (Å²) in [5, 5.41) is 1.16. The molecule has 4 rings (SSSR count). The Morgan fingerprint density at radius 1 is 0.862 bits per heavy atom. The van der Waals surface area contributed by atoms with Gasteiger partial charge in [-0.2, -0.15) is 4.31 Å². The molecule has 1 aliphatic rings. The van der Waals surface area contributed by atoms with E-state index < -0.39 is 10.0 Å². The van der Waals surface area contributed by atoms with Crippen molar-refractivity contribution in [2.75, 3.05) is 26.2 Å². The molecule has 1 saturated heterocycles. The summed E-state index contributed by atoms with van der Waals surface area (Å²) in [6.07, 6.45) is 2.42. The Morgan fingerprint density at radius 2 is 1.55 bits per heavy atom. The molecule has 1 aromatic heterocycles. The molecule has 2 heterocycles. The molecule has 1 fully saturated rings. The van der Waals surface area contributed by atoms with Crippen molar-refractivity contribution in [1.82, 2.24) is 13.8 Å². The number of aryl methyl sites for hydroxylation is 1. The average molecular weight is 412 g/mol. The first kappa shape index (κ1) is 19.7. The Hall–Kier alpha value is -2.64. The predicted molar refractivity (Wildman–Crippen MR) is 114 cm³/mol. The zero-order chi connectivity index (χ0) is 20.3. The minimum absolute atomic E-state index is 0.00247. The lowest BCUT2D eigenvalue weighted by Crippen LogP contribution is -2.50. The minimum Gasteiger partial charge on any atom is -0.347 e. The van der Waals surface area contributed by atoms with Gasteiger partial charge in [0.25, 0.3) is 0 Å². The summed E-state index contributed by atoms with van der Waals surface area (Å²) in [5.74, 6) is 0.0746. The molecule has 0 unspecified atom stereocenters. The monoisotopic (exact) mass is 411 g/mol. The summed E-state index contributed by atoms with van der Waals surface area (Å²) in [7, 11) is -3.37. The van der Waals surface area contributed by atoms with Crippen LogP contribution < -0.4 is 0 Å². The largest absolute Gasteiger partial charge is 0.347 e. The molecule has 0 atom stereocenters. The van der Waals surface area contributed by atoms with Crippen LogP contribution in [0.4, 0.5) is 0 Å². The van der Waals surface area contributed by atoms with Crippen molar-refractivity contribution in [3.05, 3.63) is 72.4 Å². The molecule has 0 radical (unpaired) electrons. The van der Waals surface area contributed by atoms with Gasteiger partial charge in [-0.3, -0.25) is 4.79 Å². The van der Waals surface area contributed by atoms with Gasteiger partial charge in [0.1, 0.15) is 0 Å². The van der Waals surface area contributed by atoms with Gasteiger partial charge in [0.2, 0.25) is 15.9 Å². The van der Waals surface area contributed by atoms with Crippen molar-refractivity contribution < 1.29 is 13.2 Å². The maximum absolute atomic E-state index is 12.7. The van der Waals surface area contributed by atoms with Crippen molar-refractivity contribution in [1.29, 1.82) is 0 Å². The van der Waals surface area contributed by atoms with Gasteiger partial charge in [-0.15, -0.1) is 0 Å². The van der Waals surface area contributed by atoms with E-state index in [1.165, 1.54) is 4.31 Å². The van der Waals surface area contributed by atoms with Crippen molar-refractivity contribution in [2.45, 2.75) is 18.7 Å². The zero-order valence-corrected chi connectivity index (χ0v) is 17.1. The quantitative estimate of drug-likeness (QED) is 0.627. The van der Waals surface area contributed by atoms with Gasteiger partial charge < -0.3 is 9.47 Å². The molecular formula is C22H25N3O3S. The number of carbonyl (C=O) groups excluding carboxylic acids is 1. The van der Waals surface area contributed by atoms with E-state index in [4.69, 9.17) is 0 Å². The minimum atomic E-state index is -3.37. The van der Waals surface area contributed by atoms with Crippen molar-refractivity contribution in [3.8, 4) is 0 Å². The molecule has 0 spiro atoms. The molecule has 1 aliphatic heterocycles. The van der Waals surface area contributed by atoms with E-state index in [9.17, 15) is 13.2 Å². The van der Waals surface area contributed by atoms with E-state index in [0.29, 0.717) is 39.1 Å². The van der Waals surface area contributed by atoms with E-state index in [0.717, 1.165) is 16.5 Å². The molecule has 152 valence electrons. The van der Waals surface area contributed by atoms with E-state index >= 15 is 0 Å². The molecular weight excluding hydrogens is 386 g/mol. The summed E-state index contributed by atoms with van der Waals surface area (Å²) < 4.78 is 28.9. The first-order valence-corrected chi connectivity index (χ1v) is 11.5. The summed E-state index contributed by atoms with van der Waals surface area (Å²) in [6, 6.07) is 19.4. The number of rotatable bonds is 6. The normalized spacial score (nSPS) is 15.7. The van der Waals surface area contributed by atoms with E-state index in [-0.39, 0.29) is 11.7 Å². The van der Waals surface area contributed by atoms with Crippen LogP contribution in [0.5, 0.6) is 0 Å². The first-order valence-electron chi connectivity index (χ1n) is 9.86. The van der Waals surface area contributed by atoms with E-state index in [1.54, 1.807) is 4.90 Å². The number of nitrogens with zero attached hydrogens (tertiary/aromatic N) is 3. The third-order valence-corrected chi connectivity index (χ3v) is 7.27. The van der Waals surface area contributed by atoms with Crippen LogP contribution in [0.1, 0.15) is 12.0 Å². The summed E-state index contributed by atoms with van der Waals surface area (Å²) >= 11 is 0. The lowest BCUT2D eigenvalue weighted by atomic mass is 10.2. The van der Waals surface area contributed by atoms with Crippen LogP contribution in [0.3, 0.4) is 0 Å². The average Bonchev–Trinajstić information content (AvgIpc) is 3.16. The van der Waals surface area contributed by atoms with Crippen molar-refractivity contribution in [2.24, 2.45) is 0 Å². The second-order valence-electron chi connectivity index (χ2n) is 7.34. The van der Waals surface area contributed by atoms with Crippen molar-refractivity contribution in [3.63, 3.8) is 0 Å². The van der Waals surface area contributed by atoms with Crippen LogP contribution >= 0.6 is 0 Å². The van der Waals surface area contributed by atoms with Crippen LogP contribution in [0, 0.1) is 0 Å². The molecule has 0 N–H and O–H groups in total. The van der Waals surface area contributed by atoms with Gasteiger partial charge in [0.15, 0.2) is 0 Å². The van der Waals surface area contributed by atoms with Crippen LogP contribution in [-0.4, -0.2) is 54.3 Å². The lowest BCUT2D eigenvalue weighted by molar-refractivity contribution is -0.132. The van der Waals surface area contributed by atoms with Crippen LogP contribution in [0.25, 0.3) is 10.9 Å². The fourth-order valence-corrected chi connectivity index (χ4v) is 5.32. The fraction of sp³-hybridized carbons (Fsp3) is 0.318. The molecule has 6 nitrogen and oxygen atoms in total. The van der Waals surface area contributed by atoms with E-state index in [2.05, 4.69) is 22.8 Å². The van der Waals surface area contributed by atoms with Gasteiger partial charge >= 0.3 is 0 Å². The number of fused-ring (bicyclic) bond motifs is 1. The van der Waals surface area contributed by atoms with Gasteiger partial charge in [0, 0.05) is 50.9 Å². The third kappa shape index (κ3) is 4.52. The van der Waals surface area contributed by atoms with Gasteiger partial charge in [-0.05, 0) is 23.1 Å². The highest BCUT2D eigenvalue weighted by molar-refractivity contribution is 7.88. The Labute approximate surface area is 171 Å². The predicted octanol–water partition coefficient (Wildman–Crippen LogP) is 2.71. The molecule has 0 bridgehead atoms. The maximum atomic E-state index is 12.7. The molecule has 0 saturated carbocycles. The Morgan fingerprint density at radius 3 is 2.31 bits per heavy atom. The van der Waals surface area contributed by atoms with Gasteiger partial charge in [0.05, 0.1) is 5.75 Å². The Bertz CT molecular complexity index is 1080. The number of sulfonamides is 1. The molecule has 1 amide bonds. The van der Waals surface area contributed by atoms with Crippen LogP contribution in [-0.2, 0) is 27.1 Å². The number of carbonyl (C=O) groups is 1. The standard InChI is InChI=1S/C22H25N3O3S/c26-22(11-13-23-12-10-20-8-4-5-9-21(20)23)24-14-16-25(17-15-24)29(27,28)18-19-6-2-1-3-7-19/h1-10,12H,11,13-18H2. The maximum Gasteiger partial charge on any atom is 0.224 e. The number of hydrogen-bond acceptors (Lipinski definition) is 3. The Balaban J connectivity index is 1.30. The topological polar surface area (TPSA) is 62.6 Å². The zero-order valence-electron chi connectivity index (χ0n) is 16.3. The lowest BCUT2D eigenvalue weighted by Gasteiger charge is -2.34. The number of benzene rings is 2. The van der Waals surface area contributed by atoms with Crippen LogP contribution in [0.2, 0.25) is 0 Å². The molecule has 3 aromatic rings. The fourth-order valence-electron chi connectivity index (χ4n) is 3.80. The summed E-state index contributed by atoms with van der Waals surface area (Å²) in [6.45, 7) is 2.22. The molecule has 0 aliphatic carbocycles. The third-order valence-electron chi connectivity index (χ3n) is 5.42. The highest BCUT2D eigenvalue weighted by Gasteiger charge is 2.28. The van der Waals surface area contributed by atoms with Gasteiger partial charge in [-0.25, -0.2) is 8.42 Å². The van der Waals surface area contributed by atoms with Crippen molar-refractivity contribution >= 4 is 26.8 Å². The highest BCUT2D eigenvalue weighted by atomic mass is 32.2. The van der Waals surface area contributed by atoms with E-state index in [1.807, 2.05) is 48.7 Å². The first-order chi connectivity index (χ1) is 14.0.